The Labute approximate surface area is 161 Å². The van der Waals surface area contributed by atoms with Crippen molar-refractivity contribution >= 4 is 11.8 Å². The third-order valence-corrected chi connectivity index (χ3v) is 5.00. The van der Waals surface area contributed by atoms with Gasteiger partial charge in [0.05, 0.1) is 0 Å². The molecule has 0 aliphatic carbocycles. The first-order valence-electron chi connectivity index (χ1n) is 9.76. The standard InChI is InChI=1S/C22H29N3O2/c23-14-10-18-6-8-19(9-7-18)11-15-25-16-12-21(13-17-25)27-22(26)24-20-4-2-1-3-5-20/h1-9,21H,10-17,23H2,(H,24,26). The molecule has 1 saturated heterocycles. The number of ether oxygens (including phenoxy) is 1. The van der Waals surface area contributed by atoms with E-state index in [-0.39, 0.29) is 12.2 Å². The van der Waals surface area contributed by atoms with E-state index in [0.29, 0.717) is 6.54 Å². The van der Waals surface area contributed by atoms with Gasteiger partial charge in [0.1, 0.15) is 6.10 Å². The Balaban J connectivity index is 1.35. The van der Waals surface area contributed by atoms with Gasteiger partial charge in [-0.25, -0.2) is 4.79 Å². The number of nitrogens with one attached hydrogen (secondary N) is 1. The summed E-state index contributed by atoms with van der Waals surface area (Å²) < 4.78 is 5.56. The molecule has 5 heteroatoms. The van der Waals surface area contributed by atoms with Crippen molar-refractivity contribution in [2.45, 2.75) is 31.8 Å². The minimum absolute atomic E-state index is 0.000471. The van der Waals surface area contributed by atoms with E-state index in [1.807, 2.05) is 30.3 Å². The van der Waals surface area contributed by atoms with Gasteiger partial charge in [-0.05, 0) is 55.5 Å². The molecule has 27 heavy (non-hydrogen) atoms. The number of carbonyl (C=O) groups excluding carboxylic acids is 1. The monoisotopic (exact) mass is 367 g/mol. The highest BCUT2D eigenvalue weighted by Crippen LogP contribution is 2.16. The Morgan fingerprint density at radius 3 is 2.26 bits per heavy atom. The number of piperidine rings is 1. The molecule has 0 saturated carbocycles. The predicted octanol–water partition coefficient (Wildman–Crippen LogP) is 3.44. The van der Waals surface area contributed by atoms with Crippen molar-refractivity contribution in [3.05, 3.63) is 65.7 Å². The molecule has 1 amide bonds. The molecule has 5 nitrogen and oxygen atoms in total. The Morgan fingerprint density at radius 1 is 1.00 bits per heavy atom. The zero-order valence-corrected chi connectivity index (χ0v) is 15.8. The van der Waals surface area contributed by atoms with Gasteiger partial charge in [-0.2, -0.15) is 0 Å². The fourth-order valence-corrected chi connectivity index (χ4v) is 3.40. The van der Waals surface area contributed by atoms with Gasteiger partial charge in [0.15, 0.2) is 0 Å². The van der Waals surface area contributed by atoms with Crippen LogP contribution in [0.1, 0.15) is 24.0 Å². The molecule has 1 heterocycles. The summed E-state index contributed by atoms with van der Waals surface area (Å²) in [6.07, 6.45) is 3.39. The second-order valence-electron chi connectivity index (χ2n) is 7.04. The summed E-state index contributed by atoms with van der Waals surface area (Å²) in [5.74, 6) is 0. The molecule has 0 spiro atoms. The maximum absolute atomic E-state index is 12.0. The van der Waals surface area contributed by atoms with E-state index in [1.165, 1.54) is 11.1 Å². The second-order valence-corrected chi connectivity index (χ2v) is 7.04. The summed E-state index contributed by atoms with van der Waals surface area (Å²) in [4.78, 5) is 14.4. The number of rotatable bonds is 7. The van der Waals surface area contributed by atoms with Crippen LogP contribution in [0.4, 0.5) is 10.5 Å². The first kappa shape index (κ1) is 19.4. The molecule has 0 unspecified atom stereocenters. The van der Waals surface area contributed by atoms with Gasteiger partial charge >= 0.3 is 6.09 Å². The van der Waals surface area contributed by atoms with Crippen LogP contribution in [0.2, 0.25) is 0 Å². The van der Waals surface area contributed by atoms with Crippen LogP contribution in [-0.2, 0) is 17.6 Å². The second kappa shape index (κ2) is 10.1. The smallest absolute Gasteiger partial charge is 0.411 e. The molecule has 1 aliphatic heterocycles. The largest absolute Gasteiger partial charge is 0.446 e. The van der Waals surface area contributed by atoms with Gasteiger partial charge in [-0.3, -0.25) is 5.32 Å². The first-order chi connectivity index (χ1) is 13.2. The number of hydrogen-bond donors (Lipinski definition) is 2. The van der Waals surface area contributed by atoms with E-state index in [4.69, 9.17) is 10.5 Å². The molecule has 3 N–H and O–H groups in total. The molecular formula is C22H29N3O2. The van der Waals surface area contributed by atoms with Gasteiger partial charge in [0, 0.05) is 25.3 Å². The van der Waals surface area contributed by atoms with Crippen LogP contribution < -0.4 is 11.1 Å². The van der Waals surface area contributed by atoms with E-state index in [0.717, 1.165) is 51.0 Å². The maximum Gasteiger partial charge on any atom is 0.411 e. The lowest BCUT2D eigenvalue weighted by atomic mass is 10.0. The zero-order valence-electron chi connectivity index (χ0n) is 15.8. The number of nitrogens with zero attached hydrogens (tertiary/aromatic N) is 1. The van der Waals surface area contributed by atoms with Crippen molar-refractivity contribution in [3.63, 3.8) is 0 Å². The Kier molecular flexibility index (Phi) is 7.25. The van der Waals surface area contributed by atoms with Gasteiger partial charge in [-0.15, -0.1) is 0 Å². The fraction of sp³-hybridized carbons (Fsp3) is 0.409. The molecule has 2 aromatic rings. The van der Waals surface area contributed by atoms with Gasteiger partial charge in [0.2, 0.25) is 0 Å². The number of anilines is 1. The molecule has 0 atom stereocenters. The summed E-state index contributed by atoms with van der Waals surface area (Å²) in [5.41, 5.74) is 9.01. The first-order valence-corrected chi connectivity index (χ1v) is 9.76. The molecule has 2 aromatic carbocycles. The summed E-state index contributed by atoms with van der Waals surface area (Å²) in [6.45, 7) is 3.67. The number of likely N-dealkylation sites (tertiary alicyclic amines) is 1. The number of carbonyl (C=O) groups is 1. The Hall–Kier alpha value is -2.37. The van der Waals surface area contributed by atoms with Crippen LogP contribution in [0, 0.1) is 0 Å². The fourth-order valence-electron chi connectivity index (χ4n) is 3.40. The van der Waals surface area contributed by atoms with E-state index >= 15 is 0 Å². The van der Waals surface area contributed by atoms with E-state index in [1.54, 1.807) is 0 Å². The number of amides is 1. The topological polar surface area (TPSA) is 67.6 Å². The van der Waals surface area contributed by atoms with Crippen LogP contribution in [0.25, 0.3) is 0 Å². The lowest BCUT2D eigenvalue weighted by Gasteiger charge is -2.31. The Morgan fingerprint density at radius 2 is 1.63 bits per heavy atom. The predicted molar refractivity (Wildman–Crippen MR) is 109 cm³/mol. The van der Waals surface area contributed by atoms with Gasteiger partial charge < -0.3 is 15.4 Å². The van der Waals surface area contributed by atoms with Crippen LogP contribution in [-0.4, -0.2) is 43.3 Å². The van der Waals surface area contributed by atoms with Crippen molar-refractivity contribution in [1.29, 1.82) is 0 Å². The molecular weight excluding hydrogens is 338 g/mol. The van der Waals surface area contributed by atoms with E-state index in [2.05, 4.69) is 34.5 Å². The summed E-state index contributed by atoms with van der Waals surface area (Å²) in [5, 5.41) is 2.78. The average molecular weight is 367 g/mol. The summed E-state index contributed by atoms with van der Waals surface area (Å²) >= 11 is 0. The van der Waals surface area contributed by atoms with Gasteiger partial charge in [0.25, 0.3) is 0 Å². The highest BCUT2D eigenvalue weighted by Gasteiger charge is 2.22. The number of benzene rings is 2. The van der Waals surface area contributed by atoms with Crippen LogP contribution in [0.3, 0.4) is 0 Å². The van der Waals surface area contributed by atoms with E-state index in [9.17, 15) is 4.79 Å². The molecule has 144 valence electrons. The molecule has 1 fully saturated rings. The highest BCUT2D eigenvalue weighted by atomic mass is 16.6. The number of hydrogen-bond acceptors (Lipinski definition) is 4. The molecule has 0 bridgehead atoms. The quantitative estimate of drug-likeness (QED) is 0.787. The minimum Gasteiger partial charge on any atom is -0.446 e. The third-order valence-electron chi connectivity index (χ3n) is 5.00. The number of nitrogens with two attached hydrogens (primary N) is 1. The summed E-state index contributed by atoms with van der Waals surface area (Å²) in [7, 11) is 0. The van der Waals surface area contributed by atoms with Crippen molar-refractivity contribution in [3.8, 4) is 0 Å². The number of para-hydroxylation sites is 1. The third kappa shape index (κ3) is 6.38. The maximum atomic E-state index is 12.0. The lowest BCUT2D eigenvalue weighted by molar-refractivity contribution is 0.0593. The normalized spacial score (nSPS) is 15.4. The molecule has 0 radical (unpaired) electrons. The van der Waals surface area contributed by atoms with Crippen molar-refractivity contribution in [2.75, 3.05) is 31.5 Å². The van der Waals surface area contributed by atoms with Crippen LogP contribution in [0.15, 0.2) is 54.6 Å². The molecule has 0 aromatic heterocycles. The van der Waals surface area contributed by atoms with Crippen LogP contribution >= 0.6 is 0 Å². The highest BCUT2D eigenvalue weighted by molar-refractivity contribution is 5.84. The van der Waals surface area contributed by atoms with Crippen molar-refractivity contribution in [1.82, 2.24) is 4.90 Å². The lowest BCUT2D eigenvalue weighted by Crippen LogP contribution is -2.39. The minimum atomic E-state index is -0.364. The Bertz CT molecular complexity index is 695. The molecule has 1 aliphatic rings. The summed E-state index contributed by atoms with van der Waals surface area (Å²) in [6, 6.07) is 18.2. The van der Waals surface area contributed by atoms with Crippen molar-refractivity contribution < 1.29 is 9.53 Å². The van der Waals surface area contributed by atoms with Crippen LogP contribution in [0.5, 0.6) is 0 Å². The average Bonchev–Trinajstić information content (AvgIpc) is 2.69. The van der Waals surface area contributed by atoms with Crippen molar-refractivity contribution in [2.24, 2.45) is 5.73 Å². The van der Waals surface area contributed by atoms with Gasteiger partial charge in [-0.1, -0.05) is 42.5 Å². The molecule has 3 rings (SSSR count). The zero-order chi connectivity index (χ0) is 18.9. The van der Waals surface area contributed by atoms with E-state index < -0.39 is 0 Å². The SMILES string of the molecule is NCCc1ccc(CCN2CCC(OC(=O)Nc3ccccc3)CC2)cc1.